The van der Waals surface area contributed by atoms with E-state index in [1.54, 1.807) is 25.3 Å². The number of Topliss-reactive ketones (excluding diaryl/α,β-unsaturated/α-hetero) is 1. The quantitative estimate of drug-likeness (QED) is 0.654. The van der Waals surface area contributed by atoms with Gasteiger partial charge >= 0.3 is 0 Å². The van der Waals surface area contributed by atoms with Gasteiger partial charge in [-0.2, -0.15) is 0 Å². The fourth-order valence-electron chi connectivity index (χ4n) is 3.18. The molecule has 25 heavy (non-hydrogen) atoms. The van der Waals surface area contributed by atoms with E-state index in [1.807, 2.05) is 18.7 Å². The minimum absolute atomic E-state index is 0.0504. The van der Waals surface area contributed by atoms with E-state index < -0.39 is 9.84 Å². The van der Waals surface area contributed by atoms with Crippen molar-refractivity contribution in [1.29, 1.82) is 0 Å². The Balaban J connectivity index is 2.19. The molecule has 7 heteroatoms. The fourth-order valence-corrected chi connectivity index (χ4v) is 4.93. The number of carbonyl (C=O) groups is 1. The lowest BCUT2D eigenvalue weighted by Crippen LogP contribution is -2.45. The number of nitrogens with zero attached hydrogens (tertiary/aromatic N) is 1. The second kappa shape index (κ2) is 8.19. The first-order chi connectivity index (χ1) is 11.8. The molecule has 2 rings (SSSR count). The molecule has 1 aliphatic heterocycles. The summed E-state index contributed by atoms with van der Waals surface area (Å²) in [5, 5.41) is 0. The molecular weight excluding hydrogens is 342 g/mol. The SMILES string of the molecule is CC[C@H](C)N(CC(=O)c1ccc(OC)c(OC)c1)[C@H]1CCS(=O)(=O)C1. The van der Waals surface area contributed by atoms with Gasteiger partial charge in [-0.25, -0.2) is 8.42 Å². The highest BCUT2D eigenvalue weighted by molar-refractivity contribution is 7.91. The number of rotatable bonds is 8. The maximum absolute atomic E-state index is 12.8. The average molecular weight is 369 g/mol. The van der Waals surface area contributed by atoms with Gasteiger partial charge in [-0.3, -0.25) is 9.69 Å². The maximum Gasteiger partial charge on any atom is 0.176 e. The van der Waals surface area contributed by atoms with Gasteiger partial charge in [0.05, 0.1) is 32.3 Å². The largest absolute Gasteiger partial charge is 0.493 e. The van der Waals surface area contributed by atoms with Crippen LogP contribution in [0.3, 0.4) is 0 Å². The van der Waals surface area contributed by atoms with Gasteiger partial charge in [0.1, 0.15) is 0 Å². The highest BCUT2D eigenvalue weighted by atomic mass is 32.2. The summed E-state index contributed by atoms with van der Waals surface area (Å²) in [4.78, 5) is 14.8. The fraction of sp³-hybridized carbons (Fsp3) is 0.611. The number of ether oxygens (including phenoxy) is 2. The van der Waals surface area contributed by atoms with Crippen molar-refractivity contribution in [2.75, 3.05) is 32.3 Å². The number of hydrogen-bond acceptors (Lipinski definition) is 6. The zero-order valence-corrected chi connectivity index (χ0v) is 16.1. The van der Waals surface area contributed by atoms with Crippen molar-refractivity contribution in [3.63, 3.8) is 0 Å². The lowest BCUT2D eigenvalue weighted by molar-refractivity contribution is 0.0841. The van der Waals surface area contributed by atoms with Crippen molar-refractivity contribution in [2.24, 2.45) is 0 Å². The molecule has 1 fully saturated rings. The van der Waals surface area contributed by atoms with Crippen LogP contribution in [-0.2, 0) is 9.84 Å². The van der Waals surface area contributed by atoms with Gasteiger partial charge in [0, 0.05) is 17.6 Å². The summed E-state index contributed by atoms with van der Waals surface area (Å²) in [7, 11) is 0.0831. The van der Waals surface area contributed by atoms with Gasteiger partial charge < -0.3 is 9.47 Å². The minimum Gasteiger partial charge on any atom is -0.493 e. The van der Waals surface area contributed by atoms with Crippen molar-refractivity contribution in [2.45, 2.75) is 38.8 Å². The van der Waals surface area contributed by atoms with E-state index in [9.17, 15) is 13.2 Å². The van der Waals surface area contributed by atoms with Crippen LogP contribution in [0.2, 0.25) is 0 Å². The van der Waals surface area contributed by atoms with E-state index >= 15 is 0 Å². The molecule has 0 aliphatic carbocycles. The summed E-state index contributed by atoms with van der Waals surface area (Å²) in [6.45, 7) is 4.28. The Bertz CT molecular complexity index is 716. The zero-order chi connectivity index (χ0) is 18.6. The first-order valence-electron chi connectivity index (χ1n) is 8.52. The second-order valence-electron chi connectivity index (χ2n) is 6.48. The Morgan fingerprint density at radius 3 is 2.48 bits per heavy atom. The van der Waals surface area contributed by atoms with E-state index in [0.717, 1.165) is 6.42 Å². The molecule has 140 valence electrons. The number of carbonyl (C=O) groups excluding carboxylic acids is 1. The van der Waals surface area contributed by atoms with E-state index in [-0.39, 0.29) is 35.9 Å². The smallest absolute Gasteiger partial charge is 0.176 e. The monoisotopic (exact) mass is 369 g/mol. The molecule has 1 heterocycles. The molecule has 0 aromatic heterocycles. The molecule has 0 N–H and O–H groups in total. The van der Waals surface area contributed by atoms with Gasteiger partial charge in [-0.1, -0.05) is 6.92 Å². The Morgan fingerprint density at radius 2 is 1.96 bits per heavy atom. The molecule has 0 saturated carbocycles. The molecular formula is C18H27NO5S. The number of sulfone groups is 1. The molecule has 2 atom stereocenters. The average Bonchev–Trinajstić information content (AvgIpc) is 2.97. The number of ketones is 1. The van der Waals surface area contributed by atoms with Crippen LogP contribution in [0.25, 0.3) is 0 Å². The van der Waals surface area contributed by atoms with E-state index in [0.29, 0.717) is 23.5 Å². The third-order valence-electron chi connectivity index (χ3n) is 4.87. The Morgan fingerprint density at radius 1 is 1.28 bits per heavy atom. The van der Waals surface area contributed by atoms with Gasteiger partial charge in [0.25, 0.3) is 0 Å². The summed E-state index contributed by atoms with van der Waals surface area (Å²) < 4.78 is 34.1. The van der Waals surface area contributed by atoms with Crippen LogP contribution >= 0.6 is 0 Å². The molecule has 1 aromatic carbocycles. The van der Waals surface area contributed by atoms with Gasteiger partial charge in [0.15, 0.2) is 27.1 Å². The third kappa shape index (κ3) is 4.73. The number of hydrogen-bond donors (Lipinski definition) is 0. The zero-order valence-electron chi connectivity index (χ0n) is 15.3. The predicted octanol–water partition coefficient (Wildman–Crippen LogP) is 2.17. The highest BCUT2D eigenvalue weighted by Crippen LogP contribution is 2.28. The normalized spacial score (nSPS) is 20.4. The molecule has 0 spiro atoms. The lowest BCUT2D eigenvalue weighted by Gasteiger charge is -2.32. The topological polar surface area (TPSA) is 72.9 Å². The molecule has 1 aromatic rings. The molecule has 0 radical (unpaired) electrons. The van der Waals surface area contributed by atoms with Crippen molar-refractivity contribution >= 4 is 15.6 Å². The maximum atomic E-state index is 12.8. The van der Waals surface area contributed by atoms with E-state index in [1.165, 1.54) is 7.11 Å². The van der Waals surface area contributed by atoms with Gasteiger partial charge in [-0.15, -0.1) is 0 Å². The standard InChI is InChI=1S/C18H27NO5S/c1-5-13(2)19(15-8-9-25(21,22)12-15)11-16(20)14-6-7-17(23-3)18(10-14)24-4/h6-7,10,13,15H,5,8-9,11-12H2,1-4H3/t13-,15-/m0/s1. The number of benzene rings is 1. The lowest BCUT2D eigenvalue weighted by atomic mass is 10.1. The first-order valence-corrected chi connectivity index (χ1v) is 10.3. The van der Waals surface area contributed by atoms with E-state index in [2.05, 4.69) is 0 Å². The van der Waals surface area contributed by atoms with Crippen molar-refractivity contribution < 1.29 is 22.7 Å². The molecule has 0 amide bonds. The van der Waals surface area contributed by atoms with Crippen LogP contribution in [0.5, 0.6) is 11.5 Å². The summed E-state index contributed by atoms with van der Waals surface area (Å²) >= 11 is 0. The summed E-state index contributed by atoms with van der Waals surface area (Å²) in [6, 6.07) is 5.14. The molecule has 1 saturated heterocycles. The van der Waals surface area contributed by atoms with Gasteiger partial charge in [0.2, 0.25) is 0 Å². The second-order valence-corrected chi connectivity index (χ2v) is 8.71. The van der Waals surface area contributed by atoms with Crippen LogP contribution in [0.1, 0.15) is 37.0 Å². The molecule has 1 aliphatic rings. The Kier molecular flexibility index (Phi) is 6.46. The van der Waals surface area contributed by atoms with E-state index in [4.69, 9.17) is 9.47 Å². The van der Waals surface area contributed by atoms with Gasteiger partial charge in [-0.05, 0) is 38.0 Å². The van der Waals surface area contributed by atoms with Crippen molar-refractivity contribution in [1.82, 2.24) is 4.90 Å². The van der Waals surface area contributed by atoms with Crippen LogP contribution in [0.4, 0.5) is 0 Å². The number of methoxy groups -OCH3 is 2. The third-order valence-corrected chi connectivity index (χ3v) is 6.62. The molecule has 6 nitrogen and oxygen atoms in total. The Hall–Kier alpha value is -1.60. The van der Waals surface area contributed by atoms with Crippen molar-refractivity contribution in [3.8, 4) is 11.5 Å². The van der Waals surface area contributed by atoms with Crippen molar-refractivity contribution in [3.05, 3.63) is 23.8 Å². The molecule has 0 unspecified atom stereocenters. The summed E-state index contributed by atoms with van der Waals surface area (Å²) in [5.41, 5.74) is 0.534. The van der Waals surface area contributed by atoms with Crippen LogP contribution in [0.15, 0.2) is 18.2 Å². The van der Waals surface area contributed by atoms with Crippen LogP contribution < -0.4 is 9.47 Å². The minimum atomic E-state index is -2.99. The summed E-state index contributed by atoms with van der Waals surface area (Å²) in [5.74, 6) is 1.36. The molecule has 0 bridgehead atoms. The predicted molar refractivity (Wildman–Crippen MR) is 97.4 cm³/mol. The first kappa shape index (κ1) is 19.7. The van der Waals surface area contributed by atoms with Crippen LogP contribution in [0, 0.1) is 0 Å². The highest BCUT2D eigenvalue weighted by Gasteiger charge is 2.35. The Labute approximate surface area is 150 Å². The summed E-state index contributed by atoms with van der Waals surface area (Å²) in [6.07, 6.45) is 1.45. The van der Waals surface area contributed by atoms with Crippen LogP contribution in [-0.4, -0.2) is 63.5 Å².